The predicted octanol–water partition coefficient (Wildman–Crippen LogP) is 3.73. The number of halogens is 1. The van der Waals surface area contributed by atoms with Crippen molar-refractivity contribution >= 4 is 17.5 Å². The molecule has 3 aromatic rings. The highest BCUT2D eigenvalue weighted by Gasteiger charge is 2.24. The van der Waals surface area contributed by atoms with Crippen LogP contribution in [0.3, 0.4) is 0 Å². The van der Waals surface area contributed by atoms with Gasteiger partial charge in [0.05, 0.1) is 18.1 Å². The van der Waals surface area contributed by atoms with Crippen molar-refractivity contribution < 1.29 is 13.9 Å². The maximum absolute atomic E-state index is 14.7. The summed E-state index contributed by atoms with van der Waals surface area (Å²) in [5, 5.41) is 3.11. The normalized spacial score (nSPS) is 16.6. The largest absolute Gasteiger partial charge is 0.381 e. The molecule has 2 aromatic heterocycles. The van der Waals surface area contributed by atoms with Crippen LogP contribution < -0.4 is 5.32 Å². The fraction of sp³-hybridized carbons (Fsp3) is 0.391. The molecule has 0 bridgehead atoms. The molecule has 5 rings (SSSR count). The van der Waals surface area contributed by atoms with Gasteiger partial charge in [0.25, 0.3) is 5.91 Å². The quantitative estimate of drug-likeness (QED) is 0.656. The summed E-state index contributed by atoms with van der Waals surface area (Å²) >= 11 is 0. The molecule has 0 atom stereocenters. The van der Waals surface area contributed by atoms with E-state index in [2.05, 4.69) is 20.3 Å². The van der Waals surface area contributed by atoms with Gasteiger partial charge in [-0.2, -0.15) is 0 Å². The summed E-state index contributed by atoms with van der Waals surface area (Å²) in [5.74, 6) is 0.640. The van der Waals surface area contributed by atoms with E-state index in [1.54, 1.807) is 30.5 Å². The zero-order valence-corrected chi connectivity index (χ0v) is 17.9. The highest BCUT2D eigenvalue weighted by Crippen LogP contribution is 2.31. The Morgan fingerprint density at radius 2 is 1.88 bits per heavy atom. The molecule has 1 N–H and O–H groups in total. The number of hydrogen-bond acceptors (Lipinski definition) is 6. The number of hydrogen-bond donors (Lipinski definition) is 1. The highest BCUT2D eigenvalue weighted by molar-refractivity contribution is 5.95. The molecule has 0 radical (unpaired) electrons. The van der Waals surface area contributed by atoms with Crippen molar-refractivity contribution in [2.75, 3.05) is 31.6 Å². The topological polar surface area (TPSA) is 85.2 Å². The van der Waals surface area contributed by atoms with E-state index in [-0.39, 0.29) is 23.6 Å². The number of ether oxygens (including phenoxy) is 1. The summed E-state index contributed by atoms with van der Waals surface area (Å²) < 4.78 is 22.3. The number of aromatic nitrogens is 4. The summed E-state index contributed by atoms with van der Waals surface area (Å²) in [5.41, 5.74) is 2.20. The van der Waals surface area contributed by atoms with E-state index in [4.69, 9.17) is 4.74 Å². The standard InChI is InChI=1S/C23H25FN6O2/c1-15-25-14-20(30(15)18-7-11-32-12-8-18)21-19(24)13-26-23(28-21)27-17-5-3-16(4-6-17)22(31)29-9-2-10-29/h3-6,13-14,18H,2,7-12H2,1H3,(H,26,27,28). The number of nitrogens with one attached hydrogen (secondary N) is 1. The molecule has 2 aliphatic rings. The molecule has 1 aromatic carbocycles. The molecule has 0 saturated carbocycles. The minimum absolute atomic E-state index is 0.0415. The summed E-state index contributed by atoms with van der Waals surface area (Å²) in [4.78, 5) is 27.1. The molecule has 32 heavy (non-hydrogen) atoms. The molecule has 4 heterocycles. The number of benzene rings is 1. The Morgan fingerprint density at radius 1 is 1.12 bits per heavy atom. The molecular formula is C23H25FN6O2. The molecule has 166 valence electrons. The molecular weight excluding hydrogens is 411 g/mol. The smallest absolute Gasteiger partial charge is 0.253 e. The molecule has 8 nitrogen and oxygen atoms in total. The van der Waals surface area contributed by atoms with Gasteiger partial charge >= 0.3 is 0 Å². The summed E-state index contributed by atoms with van der Waals surface area (Å²) in [7, 11) is 0. The third kappa shape index (κ3) is 3.95. The van der Waals surface area contributed by atoms with E-state index < -0.39 is 5.82 Å². The maximum atomic E-state index is 14.7. The Morgan fingerprint density at radius 3 is 2.56 bits per heavy atom. The van der Waals surface area contributed by atoms with Gasteiger partial charge in [-0.25, -0.2) is 19.3 Å². The summed E-state index contributed by atoms with van der Waals surface area (Å²) in [6.07, 6.45) is 5.59. The average molecular weight is 436 g/mol. The van der Waals surface area contributed by atoms with Crippen LogP contribution in [0, 0.1) is 12.7 Å². The lowest BCUT2D eigenvalue weighted by Crippen LogP contribution is -2.41. The first kappa shape index (κ1) is 20.6. The van der Waals surface area contributed by atoms with Gasteiger partial charge in [0.2, 0.25) is 5.95 Å². The van der Waals surface area contributed by atoms with E-state index in [1.165, 1.54) is 6.20 Å². The number of rotatable bonds is 5. The Kier molecular flexibility index (Phi) is 5.57. The lowest BCUT2D eigenvalue weighted by molar-refractivity contribution is 0.0651. The Labute approximate surface area is 185 Å². The van der Waals surface area contributed by atoms with Crippen LogP contribution >= 0.6 is 0 Å². The minimum atomic E-state index is -0.501. The van der Waals surface area contributed by atoms with Gasteiger partial charge < -0.3 is 19.5 Å². The van der Waals surface area contributed by atoms with E-state index >= 15 is 0 Å². The first-order valence-corrected chi connectivity index (χ1v) is 10.9. The molecule has 2 aliphatic heterocycles. The monoisotopic (exact) mass is 436 g/mol. The van der Waals surface area contributed by atoms with Crippen LogP contribution in [-0.2, 0) is 4.74 Å². The molecule has 0 aliphatic carbocycles. The van der Waals surface area contributed by atoms with E-state index in [9.17, 15) is 9.18 Å². The second kappa shape index (κ2) is 8.66. The van der Waals surface area contributed by atoms with Crippen LogP contribution in [-0.4, -0.2) is 56.6 Å². The summed E-state index contributed by atoms with van der Waals surface area (Å²) in [6.45, 7) is 4.90. The fourth-order valence-corrected chi connectivity index (χ4v) is 4.17. The second-order valence-electron chi connectivity index (χ2n) is 8.14. The van der Waals surface area contributed by atoms with E-state index in [1.807, 2.05) is 16.4 Å². The number of likely N-dealkylation sites (tertiary alicyclic amines) is 1. The van der Waals surface area contributed by atoms with Gasteiger partial charge in [-0.15, -0.1) is 0 Å². The number of carbonyl (C=O) groups is 1. The van der Waals surface area contributed by atoms with Crippen molar-refractivity contribution in [3.63, 3.8) is 0 Å². The van der Waals surface area contributed by atoms with Crippen LogP contribution in [0.4, 0.5) is 16.0 Å². The molecule has 2 fully saturated rings. The third-order valence-electron chi connectivity index (χ3n) is 6.06. The van der Waals surface area contributed by atoms with E-state index in [0.29, 0.717) is 24.5 Å². The number of carbonyl (C=O) groups excluding carboxylic acids is 1. The van der Waals surface area contributed by atoms with Gasteiger partial charge in [0.1, 0.15) is 11.5 Å². The van der Waals surface area contributed by atoms with Crippen molar-refractivity contribution in [2.45, 2.75) is 32.2 Å². The summed E-state index contributed by atoms with van der Waals surface area (Å²) in [6, 6.07) is 7.35. The van der Waals surface area contributed by atoms with Crippen molar-refractivity contribution in [2.24, 2.45) is 0 Å². The van der Waals surface area contributed by atoms with Gasteiger partial charge in [0.15, 0.2) is 5.82 Å². The predicted molar refractivity (Wildman–Crippen MR) is 117 cm³/mol. The SMILES string of the molecule is Cc1ncc(-c2nc(Nc3ccc(C(=O)N4CCC4)cc3)ncc2F)n1C1CCOCC1. The number of nitrogens with zero attached hydrogens (tertiary/aromatic N) is 5. The third-order valence-corrected chi connectivity index (χ3v) is 6.06. The van der Waals surface area contributed by atoms with Crippen LogP contribution in [0.1, 0.15) is 41.5 Å². The van der Waals surface area contributed by atoms with Crippen LogP contribution in [0.15, 0.2) is 36.7 Å². The van der Waals surface area contributed by atoms with Gasteiger partial charge in [-0.05, 0) is 50.5 Å². The number of anilines is 2. The van der Waals surface area contributed by atoms with Crippen molar-refractivity contribution in [3.05, 3.63) is 53.9 Å². The lowest BCUT2D eigenvalue weighted by atomic mass is 10.1. The number of imidazole rings is 1. The molecule has 0 spiro atoms. The second-order valence-corrected chi connectivity index (χ2v) is 8.14. The van der Waals surface area contributed by atoms with Crippen LogP contribution in [0.5, 0.6) is 0 Å². The number of aryl methyl sites for hydroxylation is 1. The van der Waals surface area contributed by atoms with Gasteiger partial charge in [0, 0.05) is 43.6 Å². The van der Waals surface area contributed by atoms with Gasteiger partial charge in [-0.1, -0.05) is 0 Å². The average Bonchev–Trinajstić information content (AvgIpc) is 3.16. The Bertz CT molecular complexity index is 1120. The zero-order chi connectivity index (χ0) is 22.1. The van der Waals surface area contributed by atoms with Crippen molar-refractivity contribution in [3.8, 4) is 11.4 Å². The van der Waals surface area contributed by atoms with E-state index in [0.717, 1.165) is 43.9 Å². The molecule has 9 heteroatoms. The lowest BCUT2D eigenvalue weighted by Gasteiger charge is -2.30. The number of amides is 1. The fourth-order valence-electron chi connectivity index (χ4n) is 4.17. The Hall–Kier alpha value is -3.33. The van der Waals surface area contributed by atoms with Crippen molar-refractivity contribution in [1.82, 2.24) is 24.4 Å². The Balaban J connectivity index is 1.38. The molecule has 1 amide bonds. The van der Waals surface area contributed by atoms with Crippen molar-refractivity contribution in [1.29, 1.82) is 0 Å². The van der Waals surface area contributed by atoms with Crippen LogP contribution in [0.25, 0.3) is 11.4 Å². The van der Waals surface area contributed by atoms with Crippen LogP contribution in [0.2, 0.25) is 0 Å². The zero-order valence-electron chi connectivity index (χ0n) is 17.9. The first-order chi connectivity index (χ1) is 15.6. The van der Waals surface area contributed by atoms with Gasteiger partial charge in [-0.3, -0.25) is 4.79 Å². The molecule has 0 unspecified atom stereocenters. The molecule has 2 saturated heterocycles. The highest BCUT2D eigenvalue weighted by atomic mass is 19.1. The minimum Gasteiger partial charge on any atom is -0.381 e. The maximum Gasteiger partial charge on any atom is 0.253 e. The first-order valence-electron chi connectivity index (χ1n) is 10.9.